The SMILES string of the molecule is O=NC(=O)c1cnc2c(c1)NC(=O)c1ccccc1S2. The van der Waals surface area contributed by atoms with Crippen molar-refractivity contribution in [2.45, 2.75) is 9.92 Å². The molecule has 20 heavy (non-hydrogen) atoms. The van der Waals surface area contributed by atoms with Gasteiger partial charge in [0.25, 0.3) is 5.91 Å². The first-order valence-corrected chi connectivity index (χ1v) is 6.46. The molecule has 0 bridgehead atoms. The van der Waals surface area contributed by atoms with Crippen LogP contribution in [0.4, 0.5) is 5.69 Å². The van der Waals surface area contributed by atoms with Crippen LogP contribution in [0.3, 0.4) is 0 Å². The van der Waals surface area contributed by atoms with Gasteiger partial charge in [0, 0.05) is 16.3 Å². The second-order valence-corrected chi connectivity index (χ2v) is 5.06. The first-order chi connectivity index (χ1) is 9.69. The Labute approximate surface area is 117 Å². The number of hydrogen-bond donors (Lipinski definition) is 1. The van der Waals surface area contributed by atoms with E-state index in [1.54, 1.807) is 12.1 Å². The Balaban J connectivity index is 2.09. The highest BCUT2D eigenvalue weighted by Crippen LogP contribution is 2.37. The van der Waals surface area contributed by atoms with E-state index in [2.05, 4.69) is 15.5 Å². The third-order valence-corrected chi connectivity index (χ3v) is 3.86. The summed E-state index contributed by atoms with van der Waals surface area (Å²) in [5.74, 6) is -1.20. The standard InChI is InChI=1S/C13H7N3O3S/c17-11(16-19)7-5-9-13(14-6-7)20-10-4-2-1-3-8(10)12(18)15-9/h1-6H,(H,15,18). The summed E-state index contributed by atoms with van der Waals surface area (Å²) >= 11 is 1.32. The number of nitroso groups, excluding NO2 is 1. The van der Waals surface area contributed by atoms with Crippen molar-refractivity contribution in [3.8, 4) is 0 Å². The van der Waals surface area contributed by atoms with Crippen LogP contribution in [-0.4, -0.2) is 16.8 Å². The molecule has 98 valence electrons. The van der Waals surface area contributed by atoms with Crippen LogP contribution in [-0.2, 0) is 0 Å². The van der Waals surface area contributed by atoms with Gasteiger partial charge in [0.1, 0.15) is 5.03 Å². The monoisotopic (exact) mass is 285 g/mol. The highest BCUT2D eigenvalue weighted by molar-refractivity contribution is 7.99. The molecule has 1 aromatic heterocycles. The Morgan fingerprint density at radius 3 is 2.90 bits per heavy atom. The van der Waals surface area contributed by atoms with Crippen molar-refractivity contribution < 1.29 is 9.59 Å². The summed E-state index contributed by atoms with van der Waals surface area (Å²) in [6.45, 7) is 0. The Bertz CT molecular complexity index is 745. The average Bonchev–Trinajstić information content (AvgIpc) is 2.62. The lowest BCUT2D eigenvalue weighted by molar-refractivity contribution is 0.0996. The molecular formula is C13H7N3O3S. The third-order valence-electron chi connectivity index (χ3n) is 2.77. The molecule has 1 aromatic carbocycles. The van der Waals surface area contributed by atoms with Gasteiger partial charge in [-0.1, -0.05) is 23.9 Å². The highest BCUT2D eigenvalue weighted by atomic mass is 32.2. The van der Waals surface area contributed by atoms with E-state index in [9.17, 15) is 14.5 Å². The van der Waals surface area contributed by atoms with E-state index in [0.29, 0.717) is 16.3 Å². The van der Waals surface area contributed by atoms with Crippen LogP contribution in [0, 0.1) is 4.91 Å². The third kappa shape index (κ3) is 2.08. The summed E-state index contributed by atoms with van der Waals surface area (Å²) in [5.41, 5.74) is 0.980. The molecule has 0 unspecified atom stereocenters. The minimum absolute atomic E-state index is 0.0469. The minimum Gasteiger partial charge on any atom is -0.320 e. The molecule has 1 aliphatic rings. The van der Waals surface area contributed by atoms with Gasteiger partial charge in [-0.15, -0.1) is 4.91 Å². The van der Waals surface area contributed by atoms with E-state index in [-0.39, 0.29) is 11.5 Å². The van der Waals surface area contributed by atoms with Gasteiger partial charge in [0.15, 0.2) is 0 Å². The first kappa shape index (κ1) is 12.5. The second kappa shape index (κ2) is 4.86. The van der Waals surface area contributed by atoms with E-state index in [1.807, 2.05) is 12.1 Å². The van der Waals surface area contributed by atoms with Crippen LogP contribution < -0.4 is 5.32 Å². The van der Waals surface area contributed by atoms with Crippen molar-refractivity contribution in [1.82, 2.24) is 4.98 Å². The molecule has 2 amide bonds. The fourth-order valence-electron chi connectivity index (χ4n) is 1.83. The number of anilines is 1. The molecular weight excluding hydrogens is 278 g/mol. The Morgan fingerprint density at radius 1 is 1.30 bits per heavy atom. The van der Waals surface area contributed by atoms with Gasteiger partial charge in [-0.2, -0.15) is 0 Å². The molecule has 2 aromatic rings. The van der Waals surface area contributed by atoms with Gasteiger partial charge in [-0.3, -0.25) is 9.59 Å². The van der Waals surface area contributed by atoms with Gasteiger partial charge >= 0.3 is 5.91 Å². The Hall–Kier alpha value is -2.54. The highest BCUT2D eigenvalue weighted by Gasteiger charge is 2.21. The van der Waals surface area contributed by atoms with E-state index < -0.39 is 5.91 Å². The van der Waals surface area contributed by atoms with Crippen LogP contribution in [0.5, 0.6) is 0 Å². The molecule has 7 heteroatoms. The van der Waals surface area contributed by atoms with Gasteiger partial charge < -0.3 is 5.32 Å². The lowest BCUT2D eigenvalue weighted by atomic mass is 10.2. The zero-order chi connectivity index (χ0) is 14.1. The van der Waals surface area contributed by atoms with Crippen LogP contribution in [0.25, 0.3) is 0 Å². The maximum Gasteiger partial charge on any atom is 0.318 e. The number of rotatable bonds is 1. The quantitative estimate of drug-likeness (QED) is 0.814. The number of carbonyl (C=O) groups is 2. The topological polar surface area (TPSA) is 88.5 Å². The molecule has 1 N–H and O–H groups in total. The largest absolute Gasteiger partial charge is 0.320 e. The van der Waals surface area contributed by atoms with Gasteiger partial charge in [-0.05, 0) is 18.2 Å². The van der Waals surface area contributed by atoms with E-state index in [0.717, 1.165) is 4.90 Å². The maximum absolute atomic E-state index is 12.1. The number of nitrogens with one attached hydrogen (secondary N) is 1. The first-order valence-electron chi connectivity index (χ1n) is 5.65. The lowest BCUT2D eigenvalue weighted by Crippen LogP contribution is -2.12. The van der Waals surface area contributed by atoms with Gasteiger partial charge in [0.05, 0.1) is 16.8 Å². The Morgan fingerprint density at radius 2 is 2.10 bits per heavy atom. The molecule has 6 nitrogen and oxygen atoms in total. The van der Waals surface area contributed by atoms with E-state index in [1.165, 1.54) is 24.0 Å². The molecule has 0 radical (unpaired) electrons. The number of carbonyl (C=O) groups excluding carboxylic acids is 2. The molecule has 0 aliphatic carbocycles. The molecule has 1 aliphatic heterocycles. The van der Waals surface area contributed by atoms with Crippen molar-refractivity contribution in [1.29, 1.82) is 0 Å². The summed E-state index contributed by atoms with van der Waals surface area (Å²) in [7, 11) is 0. The number of aromatic nitrogens is 1. The zero-order valence-electron chi connectivity index (χ0n) is 9.99. The molecule has 0 atom stereocenters. The maximum atomic E-state index is 12.1. The summed E-state index contributed by atoms with van der Waals surface area (Å²) in [6, 6.07) is 8.54. The number of fused-ring (bicyclic) bond motifs is 2. The van der Waals surface area contributed by atoms with Crippen LogP contribution in [0.1, 0.15) is 20.7 Å². The smallest absolute Gasteiger partial charge is 0.318 e. The van der Waals surface area contributed by atoms with Crippen LogP contribution in [0.15, 0.2) is 51.6 Å². The number of benzene rings is 1. The Kier molecular flexibility index (Phi) is 3.03. The lowest BCUT2D eigenvalue weighted by Gasteiger charge is -2.05. The van der Waals surface area contributed by atoms with Gasteiger partial charge in [0.2, 0.25) is 0 Å². The summed E-state index contributed by atoms with van der Waals surface area (Å²) < 4.78 is 0. The van der Waals surface area contributed by atoms with Crippen LogP contribution >= 0.6 is 11.8 Å². The number of hydrogen-bond acceptors (Lipinski definition) is 5. The summed E-state index contributed by atoms with van der Waals surface area (Å²) in [5, 5.41) is 5.58. The van der Waals surface area contributed by atoms with Crippen molar-refractivity contribution in [2.24, 2.45) is 5.18 Å². The summed E-state index contributed by atoms with van der Waals surface area (Å²) in [6.07, 6.45) is 1.27. The molecule has 2 heterocycles. The number of amides is 2. The van der Waals surface area contributed by atoms with Gasteiger partial charge in [-0.25, -0.2) is 4.98 Å². The van der Waals surface area contributed by atoms with Crippen molar-refractivity contribution in [2.75, 3.05) is 5.32 Å². The molecule has 0 saturated heterocycles. The van der Waals surface area contributed by atoms with Crippen molar-refractivity contribution in [3.63, 3.8) is 0 Å². The van der Waals surface area contributed by atoms with Crippen LogP contribution in [0.2, 0.25) is 0 Å². The van der Waals surface area contributed by atoms with E-state index in [4.69, 9.17) is 0 Å². The fraction of sp³-hybridized carbons (Fsp3) is 0. The molecule has 3 rings (SSSR count). The number of nitrogens with zero attached hydrogens (tertiary/aromatic N) is 2. The average molecular weight is 285 g/mol. The molecule has 0 saturated carbocycles. The second-order valence-electron chi connectivity index (χ2n) is 4.03. The minimum atomic E-state index is -0.915. The van der Waals surface area contributed by atoms with Crippen molar-refractivity contribution >= 4 is 29.3 Å². The van der Waals surface area contributed by atoms with E-state index >= 15 is 0 Å². The molecule has 0 fully saturated rings. The predicted molar refractivity (Wildman–Crippen MR) is 72.9 cm³/mol. The predicted octanol–water partition coefficient (Wildman–Crippen LogP) is 2.71. The fourth-order valence-corrected chi connectivity index (χ4v) is 2.78. The zero-order valence-corrected chi connectivity index (χ0v) is 10.8. The molecule has 0 spiro atoms. The normalized spacial score (nSPS) is 12.7. The summed E-state index contributed by atoms with van der Waals surface area (Å²) in [4.78, 5) is 38.5. The van der Waals surface area contributed by atoms with Crippen molar-refractivity contribution in [3.05, 3.63) is 52.6 Å². The number of pyridine rings is 1.